The second-order valence-electron chi connectivity index (χ2n) is 6.90. The van der Waals surface area contributed by atoms with Crippen molar-refractivity contribution in [2.24, 2.45) is 5.73 Å². The number of H-pyrrole nitrogens is 1. The standard InChI is InChI=1S/C23H19FN2O2/c1-13-6-8-16(17(10-13)23(25)28)22(18-12-15(24)7-9-21(18)27)20-11-14-4-2-3-5-19(14)26-20/h2-12,22,26-27H,1H3,(H2,25,28)/t22-/m1/s1. The molecule has 0 aliphatic rings. The maximum atomic E-state index is 14.1. The zero-order valence-corrected chi connectivity index (χ0v) is 15.2. The Morgan fingerprint density at radius 2 is 1.82 bits per heavy atom. The molecule has 0 spiro atoms. The number of halogens is 1. The molecule has 0 fully saturated rings. The summed E-state index contributed by atoms with van der Waals surface area (Å²) in [5, 5.41) is 11.5. The second-order valence-corrected chi connectivity index (χ2v) is 6.90. The fourth-order valence-electron chi connectivity index (χ4n) is 3.65. The van der Waals surface area contributed by atoms with Crippen LogP contribution in [0.15, 0.2) is 66.7 Å². The fraction of sp³-hybridized carbons (Fsp3) is 0.0870. The van der Waals surface area contributed by atoms with E-state index in [4.69, 9.17) is 5.73 Å². The first-order chi connectivity index (χ1) is 13.4. The van der Waals surface area contributed by atoms with E-state index in [-0.39, 0.29) is 5.75 Å². The van der Waals surface area contributed by atoms with Crippen molar-refractivity contribution in [1.29, 1.82) is 0 Å². The van der Waals surface area contributed by atoms with E-state index in [1.807, 2.05) is 43.3 Å². The number of para-hydroxylation sites is 1. The Morgan fingerprint density at radius 3 is 2.57 bits per heavy atom. The van der Waals surface area contributed by atoms with Gasteiger partial charge in [0.1, 0.15) is 11.6 Å². The third kappa shape index (κ3) is 3.11. The van der Waals surface area contributed by atoms with Crippen molar-refractivity contribution in [1.82, 2.24) is 4.98 Å². The molecular weight excluding hydrogens is 355 g/mol. The van der Waals surface area contributed by atoms with Crippen LogP contribution in [0.2, 0.25) is 0 Å². The van der Waals surface area contributed by atoms with Gasteiger partial charge in [-0.2, -0.15) is 0 Å². The van der Waals surface area contributed by atoms with Crippen molar-refractivity contribution >= 4 is 16.8 Å². The summed E-state index contributed by atoms with van der Waals surface area (Å²) in [7, 11) is 0. The van der Waals surface area contributed by atoms with Crippen molar-refractivity contribution in [3.05, 3.63) is 100 Å². The van der Waals surface area contributed by atoms with Gasteiger partial charge < -0.3 is 15.8 Å². The predicted octanol–water partition coefficient (Wildman–Crippen LogP) is 4.60. The number of benzene rings is 3. The molecule has 28 heavy (non-hydrogen) atoms. The van der Waals surface area contributed by atoms with E-state index in [0.29, 0.717) is 16.7 Å². The molecule has 1 heterocycles. The molecule has 5 heteroatoms. The molecule has 4 aromatic rings. The zero-order valence-electron chi connectivity index (χ0n) is 15.2. The average molecular weight is 374 g/mol. The topological polar surface area (TPSA) is 79.1 Å². The molecule has 0 bridgehead atoms. The number of aromatic hydroxyl groups is 1. The highest BCUT2D eigenvalue weighted by Crippen LogP contribution is 2.39. The Labute approximate surface area is 161 Å². The van der Waals surface area contributed by atoms with Gasteiger partial charge in [-0.1, -0.05) is 35.9 Å². The number of primary amides is 1. The quantitative estimate of drug-likeness (QED) is 0.488. The van der Waals surface area contributed by atoms with Gasteiger partial charge in [0.15, 0.2) is 0 Å². The summed E-state index contributed by atoms with van der Waals surface area (Å²) in [4.78, 5) is 15.5. The van der Waals surface area contributed by atoms with Gasteiger partial charge in [0.2, 0.25) is 5.91 Å². The second kappa shape index (κ2) is 6.85. The van der Waals surface area contributed by atoms with Crippen LogP contribution in [0.1, 0.15) is 38.7 Å². The van der Waals surface area contributed by atoms with Crippen LogP contribution in [0.4, 0.5) is 4.39 Å². The van der Waals surface area contributed by atoms with Gasteiger partial charge in [-0.3, -0.25) is 4.79 Å². The minimum absolute atomic E-state index is 0.0546. The lowest BCUT2D eigenvalue weighted by Gasteiger charge is -2.21. The normalized spacial score (nSPS) is 12.2. The van der Waals surface area contributed by atoms with E-state index in [9.17, 15) is 14.3 Å². The molecule has 1 amide bonds. The average Bonchev–Trinajstić information content (AvgIpc) is 3.09. The lowest BCUT2D eigenvalue weighted by molar-refractivity contribution is 0.0999. The Balaban J connectivity index is 2.02. The molecule has 4 rings (SSSR count). The van der Waals surface area contributed by atoms with Crippen molar-refractivity contribution in [2.45, 2.75) is 12.8 Å². The number of carbonyl (C=O) groups is 1. The van der Waals surface area contributed by atoms with Crippen molar-refractivity contribution in [2.75, 3.05) is 0 Å². The first kappa shape index (κ1) is 17.8. The number of phenolic OH excluding ortho intramolecular Hbond substituents is 1. The maximum absolute atomic E-state index is 14.1. The monoisotopic (exact) mass is 374 g/mol. The van der Waals surface area contributed by atoms with Crippen LogP contribution in [0.3, 0.4) is 0 Å². The Morgan fingerprint density at radius 1 is 1.04 bits per heavy atom. The number of nitrogens with two attached hydrogens (primary N) is 1. The van der Waals surface area contributed by atoms with Crippen LogP contribution in [0.5, 0.6) is 5.75 Å². The Kier molecular flexibility index (Phi) is 4.35. The molecule has 0 saturated heterocycles. The molecular formula is C23H19FN2O2. The van der Waals surface area contributed by atoms with E-state index < -0.39 is 17.6 Å². The predicted molar refractivity (Wildman–Crippen MR) is 107 cm³/mol. The van der Waals surface area contributed by atoms with Gasteiger partial charge in [-0.15, -0.1) is 0 Å². The number of aryl methyl sites for hydroxylation is 1. The Bertz CT molecular complexity index is 1160. The fourth-order valence-corrected chi connectivity index (χ4v) is 3.65. The van der Waals surface area contributed by atoms with Gasteiger partial charge in [0.05, 0.1) is 5.92 Å². The summed E-state index contributed by atoms with van der Waals surface area (Å²) in [6.07, 6.45) is 0. The van der Waals surface area contributed by atoms with E-state index >= 15 is 0 Å². The number of rotatable bonds is 4. The number of fused-ring (bicyclic) bond motifs is 1. The van der Waals surface area contributed by atoms with Crippen LogP contribution in [0.25, 0.3) is 10.9 Å². The molecule has 4 N–H and O–H groups in total. The summed E-state index contributed by atoms with van der Waals surface area (Å²) in [6.45, 7) is 1.87. The Hall–Kier alpha value is -3.60. The van der Waals surface area contributed by atoms with Crippen LogP contribution in [0, 0.1) is 12.7 Å². The maximum Gasteiger partial charge on any atom is 0.249 e. The van der Waals surface area contributed by atoms with Crippen LogP contribution >= 0.6 is 0 Å². The van der Waals surface area contributed by atoms with E-state index in [0.717, 1.165) is 22.2 Å². The van der Waals surface area contributed by atoms with Gasteiger partial charge >= 0.3 is 0 Å². The van der Waals surface area contributed by atoms with Gasteiger partial charge in [-0.05, 0) is 54.3 Å². The molecule has 1 atom stereocenters. The van der Waals surface area contributed by atoms with Gasteiger partial charge in [-0.25, -0.2) is 4.39 Å². The third-order valence-electron chi connectivity index (χ3n) is 4.95. The first-order valence-electron chi connectivity index (χ1n) is 8.90. The molecule has 140 valence electrons. The number of carbonyl (C=O) groups excluding carboxylic acids is 1. The van der Waals surface area contributed by atoms with Crippen molar-refractivity contribution in [3.8, 4) is 5.75 Å². The van der Waals surface area contributed by atoms with Gasteiger partial charge in [0, 0.05) is 22.3 Å². The highest BCUT2D eigenvalue weighted by molar-refractivity contribution is 5.95. The number of phenols is 1. The number of aromatic amines is 1. The van der Waals surface area contributed by atoms with Crippen molar-refractivity contribution < 1.29 is 14.3 Å². The molecule has 1 aromatic heterocycles. The molecule has 0 unspecified atom stereocenters. The van der Waals surface area contributed by atoms with Gasteiger partial charge in [0.25, 0.3) is 0 Å². The minimum Gasteiger partial charge on any atom is -0.508 e. The highest BCUT2D eigenvalue weighted by atomic mass is 19.1. The zero-order chi connectivity index (χ0) is 19.8. The molecule has 0 saturated carbocycles. The number of hydrogen-bond acceptors (Lipinski definition) is 2. The SMILES string of the molecule is Cc1ccc([C@@H](c2cc3ccccc3[nH]2)c2cc(F)ccc2O)c(C(N)=O)c1. The molecule has 0 radical (unpaired) electrons. The summed E-state index contributed by atoms with van der Waals surface area (Å²) in [6, 6.07) is 18.9. The molecule has 4 nitrogen and oxygen atoms in total. The smallest absolute Gasteiger partial charge is 0.249 e. The molecule has 0 aliphatic heterocycles. The van der Waals surface area contributed by atoms with E-state index in [1.54, 1.807) is 12.1 Å². The number of hydrogen-bond donors (Lipinski definition) is 3. The van der Waals surface area contributed by atoms with Crippen LogP contribution < -0.4 is 5.73 Å². The minimum atomic E-state index is -0.591. The molecule has 0 aliphatic carbocycles. The highest BCUT2D eigenvalue weighted by Gasteiger charge is 2.26. The lowest BCUT2D eigenvalue weighted by Crippen LogP contribution is -2.17. The van der Waals surface area contributed by atoms with Crippen molar-refractivity contribution in [3.63, 3.8) is 0 Å². The summed E-state index contributed by atoms with van der Waals surface area (Å²) < 4.78 is 14.1. The summed E-state index contributed by atoms with van der Waals surface area (Å²) in [5.74, 6) is -1.69. The summed E-state index contributed by atoms with van der Waals surface area (Å²) >= 11 is 0. The summed E-state index contributed by atoms with van der Waals surface area (Å²) in [5.41, 5.74) is 9.46. The first-order valence-corrected chi connectivity index (χ1v) is 8.90. The van der Waals surface area contributed by atoms with E-state index in [2.05, 4.69) is 4.98 Å². The van der Waals surface area contributed by atoms with Crippen LogP contribution in [-0.2, 0) is 0 Å². The van der Waals surface area contributed by atoms with Crippen LogP contribution in [-0.4, -0.2) is 16.0 Å². The van der Waals surface area contributed by atoms with E-state index in [1.165, 1.54) is 18.2 Å². The lowest BCUT2D eigenvalue weighted by atomic mass is 9.84. The number of amides is 1. The number of nitrogens with one attached hydrogen (secondary N) is 1. The number of aromatic nitrogens is 1. The molecule has 3 aromatic carbocycles. The third-order valence-corrected chi connectivity index (χ3v) is 4.95. The largest absolute Gasteiger partial charge is 0.508 e.